The van der Waals surface area contributed by atoms with Crippen molar-refractivity contribution in [3.8, 4) is 0 Å². The topological polar surface area (TPSA) is 86.9 Å². The number of carbonyl (C=O) groups is 1. The van der Waals surface area contributed by atoms with Gasteiger partial charge in [-0.15, -0.1) is 0 Å². The molecule has 1 unspecified atom stereocenters. The van der Waals surface area contributed by atoms with Crippen LogP contribution in [0.25, 0.3) is 0 Å². The maximum Gasteiger partial charge on any atom is 0.238 e. The molecule has 31 heavy (non-hydrogen) atoms. The van der Waals surface area contributed by atoms with Crippen LogP contribution in [-0.2, 0) is 21.4 Å². The first-order valence-corrected chi connectivity index (χ1v) is 12.1. The molecule has 8 heteroatoms. The lowest BCUT2D eigenvalue weighted by molar-refractivity contribution is -0.134. The molecule has 1 fully saturated rings. The van der Waals surface area contributed by atoms with Crippen molar-refractivity contribution in [1.29, 1.82) is 0 Å². The number of benzene rings is 2. The molecule has 2 N–H and O–H groups in total. The zero-order chi connectivity index (χ0) is 22.6. The van der Waals surface area contributed by atoms with Crippen LogP contribution in [0.2, 0.25) is 0 Å². The van der Waals surface area contributed by atoms with E-state index in [2.05, 4.69) is 36.1 Å². The first-order valence-electron chi connectivity index (χ1n) is 10.5. The highest BCUT2D eigenvalue weighted by molar-refractivity contribution is 7.89. The van der Waals surface area contributed by atoms with Crippen LogP contribution in [0.15, 0.2) is 53.4 Å². The monoisotopic (exact) mass is 444 g/mol. The van der Waals surface area contributed by atoms with E-state index in [4.69, 9.17) is 5.14 Å². The third-order valence-corrected chi connectivity index (χ3v) is 6.88. The Labute approximate surface area is 185 Å². The normalized spacial score (nSPS) is 16.5. The van der Waals surface area contributed by atoms with Gasteiger partial charge in [-0.25, -0.2) is 13.6 Å². The van der Waals surface area contributed by atoms with E-state index in [9.17, 15) is 13.2 Å². The summed E-state index contributed by atoms with van der Waals surface area (Å²) in [6.45, 7) is 8.53. The van der Waals surface area contributed by atoms with Gasteiger partial charge in [0, 0.05) is 38.8 Å². The maximum atomic E-state index is 12.8. The number of sulfonamides is 1. The van der Waals surface area contributed by atoms with Gasteiger partial charge in [0.25, 0.3) is 0 Å². The third-order valence-electron chi connectivity index (χ3n) is 5.95. The average Bonchev–Trinajstić information content (AvgIpc) is 2.73. The van der Waals surface area contributed by atoms with Crippen molar-refractivity contribution in [2.75, 3.05) is 39.8 Å². The molecule has 1 saturated heterocycles. The maximum absolute atomic E-state index is 12.8. The van der Waals surface area contributed by atoms with Gasteiger partial charge in [-0.2, -0.15) is 0 Å². The van der Waals surface area contributed by atoms with E-state index in [1.54, 1.807) is 12.1 Å². The Bertz CT molecular complexity index is 1000. The first-order chi connectivity index (χ1) is 14.6. The van der Waals surface area contributed by atoms with Crippen molar-refractivity contribution >= 4 is 15.9 Å². The predicted molar refractivity (Wildman–Crippen MR) is 122 cm³/mol. The second-order valence-corrected chi connectivity index (χ2v) is 9.91. The molecule has 0 aliphatic carbocycles. The highest BCUT2D eigenvalue weighted by atomic mass is 32.2. The predicted octanol–water partition coefficient (Wildman–Crippen LogP) is 1.98. The number of primary sulfonamides is 1. The minimum absolute atomic E-state index is 0.0268. The van der Waals surface area contributed by atoms with Gasteiger partial charge < -0.3 is 4.90 Å². The van der Waals surface area contributed by atoms with Gasteiger partial charge in [0.15, 0.2) is 0 Å². The SMILES string of the molecule is Cc1cccc(CN2CCN(C(=O)CN(C)C(C)c3ccc(S(N)(=O)=O)cc3)CC2)c1. The summed E-state index contributed by atoms with van der Waals surface area (Å²) in [6.07, 6.45) is 0. The molecule has 7 nitrogen and oxygen atoms in total. The van der Waals surface area contributed by atoms with Crippen LogP contribution in [-0.4, -0.2) is 68.8 Å². The second-order valence-electron chi connectivity index (χ2n) is 8.35. The van der Waals surface area contributed by atoms with Crippen LogP contribution in [0.3, 0.4) is 0 Å². The minimum atomic E-state index is -3.70. The van der Waals surface area contributed by atoms with Crippen molar-refractivity contribution in [3.05, 3.63) is 65.2 Å². The van der Waals surface area contributed by atoms with E-state index >= 15 is 0 Å². The number of hydrogen-bond donors (Lipinski definition) is 1. The molecule has 2 aromatic carbocycles. The second kappa shape index (κ2) is 9.91. The van der Waals surface area contributed by atoms with Crippen LogP contribution in [0.5, 0.6) is 0 Å². The fourth-order valence-electron chi connectivity index (χ4n) is 3.86. The summed E-state index contributed by atoms with van der Waals surface area (Å²) >= 11 is 0. The van der Waals surface area contributed by atoms with E-state index in [-0.39, 0.29) is 16.8 Å². The van der Waals surface area contributed by atoms with Crippen LogP contribution < -0.4 is 5.14 Å². The van der Waals surface area contributed by atoms with E-state index in [0.717, 1.165) is 38.3 Å². The molecule has 1 aliphatic heterocycles. The number of rotatable bonds is 7. The van der Waals surface area contributed by atoms with Crippen molar-refractivity contribution in [3.63, 3.8) is 0 Å². The number of nitrogens with two attached hydrogens (primary N) is 1. The number of piperazine rings is 1. The molecule has 0 radical (unpaired) electrons. The highest BCUT2D eigenvalue weighted by Gasteiger charge is 2.23. The van der Waals surface area contributed by atoms with E-state index in [0.29, 0.717) is 6.54 Å². The molecular weight excluding hydrogens is 412 g/mol. The van der Waals surface area contributed by atoms with Crippen LogP contribution in [0.1, 0.15) is 29.7 Å². The summed E-state index contributed by atoms with van der Waals surface area (Å²) in [4.78, 5) is 19.2. The Kier molecular flexibility index (Phi) is 7.48. The average molecular weight is 445 g/mol. The largest absolute Gasteiger partial charge is 0.339 e. The number of nitrogens with zero attached hydrogens (tertiary/aromatic N) is 3. The number of hydrogen-bond acceptors (Lipinski definition) is 5. The van der Waals surface area contributed by atoms with Gasteiger partial charge in [-0.3, -0.25) is 14.6 Å². The van der Waals surface area contributed by atoms with E-state index in [1.165, 1.54) is 23.3 Å². The molecular formula is C23H32N4O3S. The fourth-order valence-corrected chi connectivity index (χ4v) is 4.38. The molecule has 168 valence electrons. The Morgan fingerprint density at radius 1 is 1.10 bits per heavy atom. The Morgan fingerprint density at radius 3 is 2.32 bits per heavy atom. The Hall–Kier alpha value is -2.26. The van der Waals surface area contributed by atoms with Crippen molar-refractivity contribution in [2.45, 2.75) is 31.3 Å². The number of carbonyl (C=O) groups excluding carboxylic acids is 1. The summed E-state index contributed by atoms with van der Waals surface area (Å²) in [5.41, 5.74) is 3.51. The molecule has 0 spiro atoms. The zero-order valence-corrected chi connectivity index (χ0v) is 19.3. The van der Waals surface area contributed by atoms with Gasteiger partial charge in [0.1, 0.15) is 0 Å². The Morgan fingerprint density at radius 2 is 1.74 bits per heavy atom. The van der Waals surface area contributed by atoms with Crippen molar-refractivity contribution in [1.82, 2.24) is 14.7 Å². The lowest BCUT2D eigenvalue weighted by Gasteiger charge is -2.36. The standard InChI is InChI=1S/C23H32N4O3S/c1-18-5-4-6-20(15-18)16-26-11-13-27(14-12-26)23(28)17-25(3)19(2)21-7-9-22(10-8-21)31(24,29)30/h4-10,15,19H,11-14,16-17H2,1-3H3,(H2,24,29,30). The van der Waals surface area contributed by atoms with Gasteiger partial charge in [-0.05, 0) is 44.2 Å². The number of amides is 1. The summed E-state index contributed by atoms with van der Waals surface area (Å²) < 4.78 is 22.8. The number of likely N-dealkylation sites (N-methyl/N-ethyl adjacent to an activating group) is 1. The molecule has 1 amide bonds. The van der Waals surface area contributed by atoms with Crippen LogP contribution in [0, 0.1) is 6.92 Å². The lowest BCUT2D eigenvalue weighted by atomic mass is 10.1. The summed E-state index contributed by atoms with van der Waals surface area (Å²) in [7, 11) is -1.80. The van der Waals surface area contributed by atoms with Crippen molar-refractivity contribution < 1.29 is 13.2 Å². The molecule has 0 bridgehead atoms. The molecule has 1 atom stereocenters. The lowest BCUT2D eigenvalue weighted by Crippen LogP contribution is -2.50. The van der Waals surface area contributed by atoms with Gasteiger partial charge in [0.05, 0.1) is 11.4 Å². The third kappa shape index (κ3) is 6.36. The zero-order valence-electron chi connectivity index (χ0n) is 18.5. The van der Waals surface area contributed by atoms with Crippen molar-refractivity contribution in [2.24, 2.45) is 5.14 Å². The smallest absolute Gasteiger partial charge is 0.238 e. The highest BCUT2D eigenvalue weighted by Crippen LogP contribution is 2.20. The van der Waals surface area contributed by atoms with E-state index in [1.807, 2.05) is 23.8 Å². The summed E-state index contributed by atoms with van der Waals surface area (Å²) in [6, 6.07) is 15.0. The van der Waals surface area contributed by atoms with Gasteiger partial charge >= 0.3 is 0 Å². The molecule has 1 aliphatic rings. The first kappa shape index (κ1) is 23.4. The van der Waals surface area contributed by atoms with Crippen LogP contribution in [0.4, 0.5) is 0 Å². The van der Waals surface area contributed by atoms with E-state index < -0.39 is 10.0 Å². The van der Waals surface area contributed by atoms with Crippen LogP contribution >= 0.6 is 0 Å². The molecule has 1 heterocycles. The molecule has 0 saturated carbocycles. The van der Waals surface area contributed by atoms with Gasteiger partial charge in [0.2, 0.25) is 15.9 Å². The molecule has 2 aromatic rings. The minimum Gasteiger partial charge on any atom is -0.339 e. The molecule has 3 rings (SSSR count). The number of aryl methyl sites for hydroxylation is 1. The molecule has 0 aromatic heterocycles. The fraction of sp³-hybridized carbons (Fsp3) is 0.435. The Balaban J connectivity index is 1.49. The summed E-state index contributed by atoms with van der Waals surface area (Å²) in [5, 5.41) is 5.16. The quantitative estimate of drug-likeness (QED) is 0.706. The summed E-state index contributed by atoms with van der Waals surface area (Å²) in [5.74, 6) is 0.116. The van der Waals surface area contributed by atoms with Gasteiger partial charge in [-0.1, -0.05) is 42.0 Å².